The van der Waals surface area contributed by atoms with Gasteiger partial charge in [0.15, 0.2) is 5.82 Å². The van der Waals surface area contributed by atoms with Crippen LogP contribution in [0.3, 0.4) is 0 Å². The Bertz CT molecular complexity index is 1220. The van der Waals surface area contributed by atoms with Crippen molar-refractivity contribution in [1.82, 2.24) is 29.4 Å². The summed E-state index contributed by atoms with van der Waals surface area (Å²) in [5.41, 5.74) is 7.18. The minimum absolute atomic E-state index is 0.368. The average Bonchev–Trinajstić information content (AvgIpc) is 3.47. The van der Waals surface area contributed by atoms with Crippen molar-refractivity contribution in [2.75, 3.05) is 18.0 Å². The van der Waals surface area contributed by atoms with Crippen LogP contribution in [0.25, 0.3) is 16.9 Å². The third kappa shape index (κ3) is 2.57. The Hall–Kier alpha value is -3.22. The molecule has 1 spiro atoms. The Morgan fingerprint density at radius 2 is 1.80 bits per heavy atom. The number of aromatic nitrogens is 6. The zero-order valence-corrected chi connectivity index (χ0v) is 17.4. The van der Waals surface area contributed by atoms with Gasteiger partial charge in [-0.25, -0.2) is 9.50 Å². The van der Waals surface area contributed by atoms with Crippen LogP contribution in [-0.2, 0) is 19.9 Å². The summed E-state index contributed by atoms with van der Waals surface area (Å²) in [6, 6.07) is 8.41. The lowest BCUT2D eigenvalue weighted by Gasteiger charge is -2.40. The van der Waals surface area contributed by atoms with E-state index in [0.717, 1.165) is 54.3 Å². The van der Waals surface area contributed by atoms with Crippen molar-refractivity contribution >= 4 is 11.3 Å². The molecule has 1 fully saturated rings. The molecule has 1 saturated heterocycles. The zero-order chi connectivity index (χ0) is 20.3. The molecule has 0 aromatic carbocycles. The molecule has 4 aromatic heterocycles. The predicted molar refractivity (Wildman–Crippen MR) is 115 cm³/mol. The van der Waals surface area contributed by atoms with E-state index >= 15 is 0 Å². The maximum Gasteiger partial charge on any atom is 0.155 e. The normalized spacial score (nSPS) is 17.7. The first-order chi connectivity index (χ1) is 14.6. The van der Waals surface area contributed by atoms with E-state index < -0.39 is 0 Å². The fourth-order valence-electron chi connectivity index (χ4n) is 5.37. The van der Waals surface area contributed by atoms with E-state index in [1.807, 2.05) is 40.9 Å². The molecule has 152 valence electrons. The molecule has 1 aliphatic heterocycles. The van der Waals surface area contributed by atoms with Crippen molar-refractivity contribution in [3.8, 4) is 11.4 Å². The largest absolute Gasteiger partial charge is 0.355 e. The summed E-state index contributed by atoms with van der Waals surface area (Å²) < 4.78 is 3.90. The van der Waals surface area contributed by atoms with E-state index in [-0.39, 0.29) is 0 Å². The topological polar surface area (TPSA) is 64.1 Å². The Balaban J connectivity index is 1.32. The highest BCUT2D eigenvalue weighted by Crippen LogP contribution is 2.44. The number of rotatable bonds is 2. The van der Waals surface area contributed by atoms with Crippen LogP contribution in [0.1, 0.15) is 29.8 Å². The fourth-order valence-corrected chi connectivity index (χ4v) is 5.37. The number of pyridine rings is 1. The highest BCUT2D eigenvalue weighted by Gasteiger charge is 2.41. The monoisotopic (exact) mass is 399 g/mol. The Morgan fingerprint density at radius 1 is 0.967 bits per heavy atom. The van der Waals surface area contributed by atoms with Crippen molar-refractivity contribution in [1.29, 1.82) is 0 Å². The van der Waals surface area contributed by atoms with Gasteiger partial charge in [-0.1, -0.05) is 6.07 Å². The number of fused-ring (bicyclic) bond motifs is 2. The van der Waals surface area contributed by atoms with Gasteiger partial charge in [0.05, 0.1) is 17.6 Å². The molecule has 2 aliphatic rings. The van der Waals surface area contributed by atoms with Gasteiger partial charge in [0, 0.05) is 38.2 Å². The smallest absolute Gasteiger partial charge is 0.155 e. The Kier molecular flexibility index (Phi) is 3.75. The van der Waals surface area contributed by atoms with Crippen molar-refractivity contribution in [3.63, 3.8) is 0 Å². The van der Waals surface area contributed by atoms with Crippen molar-refractivity contribution in [3.05, 3.63) is 59.8 Å². The maximum absolute atomic E-state index is 5.06. The number of piperidine rings is 1. The van der Waals surface area contributed by atoms with Crippen LogP contribution in [0.4, 0.5) is 5.82 Å². The van der Waals surface area contributed by atoms with Crippen LogP contribution < -0.4 is 4.90 Å². The highest BCUT2D eigenvalue weighted by atomic mass is 15.3. The van der Waals surface area contributed by atoms with E-state index in [9.17, 15) is 0 Å². The first-order valence-corrected chi connectivity index (χ1v) is 10.6. The number of hydrogen-bond donors (Lipinski definition) is 0. The molecular formula is C23H25N7. The van der Waals surface area contributed by atoms with E-state index in [4.69, 9.17) is 4.98 Å². The lowest BCUT2D eigenvalue weighted by molar-refractivity contribution is 0.231. The molecule has 6 rings (SSSR count). The molecule has 4 aromatic rings. The van der Waals surface area contributed by atoms with Crippen LogP contribution in [0.5, 0.6) is 0 Å². The van der Waals surface area contributed by atoms with Crippen molar-refractivity contribution in [2.45, 2.75) is 32.6 Å². The number of anilines is 1. The first kappa shape index (κ1) is 17.6. The third-order valence-corrected chi connectivity index (χ3v) is 6.98. The molecule has 0 atom stereocenters. The van der Waals surface area contributed by atoms with Crippen molar-refractivity contribution < 1.29 is 0 Å². The van der Waals surface area contributed by atoms with Gasteiger partial charge in [0.2, 0.25) is 0 Å². The van der Waals surface area contributed by atoms with Gasteiger partial charge >= 0.3 is 0 Å². The van der Waals surface area contributed by atoms with Crippen LogP contribution >= 0.6 is 0 Å². The SMILES string of the molecule is Cc1nc(N2CCC3(CC2)Cc2cccnc2C3)c2ccnn2c1-c1ccnn1C. The van der Waals surface area contributed by atoms with Gasteiger partial charge in [-0.3, -0.25) is 9.67 Å². The van der Waals surface area contributed by atoms with Crippen LogP contribution in [-0.4, -0.2) is 42.5 Å². The summed E-state index contributed by atoms with van der Waals surface area (Å²) in [6.07, 6.45) is 10.2. The minimum Gasteiger partial charge on any atom is -0.355 e. The second-order valence-corrected chi connectivity index (χ2v) is 8.79. The molecule has 30 heavy (non-hydrogen) atoms. The molecular weight excluding hydrogens is 374 g/mol. The van der Waals surface area contributed by atoms with E-state index in [0.29, 0.717) is 5.41 Å². The Labute approximate surface area is 175 Å². The van der Waals surface area contributed by atoms with Gasteiger partial charge in [-0.05, 0) is 61.8 Å². The quantitative estimate of drug-likeness (QED) is 0.518. The number of hydrogen-bond acceptors (Lipinski definition) is 5. The molecule has 0 bridgehead atoms. The lowest BCUT2D eigenvalue weighted by Crippen LogP contribution is -2.41. The summed E-state index contributed by atoms with van der Waals surface area (Å²) in [5, 5.41) is 8.96. The van der Waals surface area contributed by atoms with Gasteiger partial charge < -0.3 is 4.90 Å². The Morgan fingerprint density at radius 3 is 2.57 bits per heavy atom. The van der Waals surface area contributed by atoms with Gasteiger partial charge in [-0.15, -0.1) is 0 Å². The van der Waals surface area contributed by atoms with Crippen LogP contribution in [0.2, 0.25) is 0 Å². The molecule has 0 radical (unpaired) electrons. The van der Waals surface area contributed by atoms with Crippen LogP contribution in [0.15, 0.2) is 42.9 Å². The molecule has 1 aliphatic carbocycles. The summed E-state index contributed by atoms with van der Waals surface area (Å²) in [5.74, 6) is 1.04. The zero-order valence-electron chi connectivity index (χ0n) is 17.4. The van der Waals surface area contributed by atoms with Gasteiger partial charge in [0.25, 0.3) is 0 Å². The second kappa shape index (κ2) is 6.39. The lowest BCUT2D eigenvalue weighted by atomic mass is 9.76. The summed E-state index contributed by atoms with van der Waals surface area (Å²) in [7, 11) is 1.95. The number of aryl methyl sites for hydroxylation is 2. The highest BCUT2D eigenvalue weighted by molar-refractivity contribution is 5.74. The summed E-state index contributed by atoms with van der Waals surface area (Å²) in [6.45, 7) is 4.11. The van der Waals surface area contributed by atoms with E-state index in [1.54, 1.807) is 0 Å². The molecule has 7 heteroatoms. The van der Waals surface area contributed by atoms with Crippen molar-refractivity contribution in [2.24, 2.45) is 12.5 Å². The summed E-state index contributed by atoms with van der Waals surface area (Å²) in [4.78, 5) is 12.1. The maximum atomic E-state index is 5.06. The summed E-state index contributed by atoms with van der Waals surface area (Å²) >= 11 is 0. The van der Waals surface area contributed by atoms with Gasteiger partial charge in [-0.2, -0.15) is 10.2 Å². The molecule has 5 heterocycles. The second-order valence-electron chi connectivity index (χ2n) is 8.79. The molecule has 0 saturated carbocycles. The standard InChI is InChI=1S/C23H25N7/c1-16-21(19-5-10-25-28(19)2)30-20(6-11-26-30)22(27-16)29-12-7-23(8-13-29)14-17-4-3-9-24-18(17)15-23/h3-6,9-11H,7-8,12-15H2,1-2H3. The van der Waals surface area contributed by atoms with Gasteiger partial charge in [0.1, 0.15) is 11.2 Å². The van der Waals surface area contributed by atoms with E-state index in [2.05, 4.69) is 45.2 Å². The van der Waals surface area contributed by atoms with Crippen LogP contribution in [0, 0.1) is 12.3 Å². The van der Waals surface area contributed by atoms with E-state index in [1.165, 1.54) is 24.1 Å². The third-order valence-electron chi connectivity index (χ3n) is 6.98. The average molecular weight is 400 g/mol. The molecule has 0 amide bonds. The molecule has 7 nitrogen and oxygen atoms in total. The first-order valence-electron chi connectivity index (χ1n) is 10.6. The number of nitrogens with zero attached hydrogens (tertiary/aromatic N) is 7. The molecule has 0 N–H and O–H groups in total. The molecule has 0 unspecified atom stereocenters. The minimum atomic E-state index is 0.368. The fraction of sp³-hybridized carbons (Fsp3) is 0.391. The predicted octanol–water partition coefficient (Wildman–Crippen LogP) is 3.22.